The minimum absolute atomic E-state index is 0.154. The quantitative estimate of drug-likeness (QED) is 0.804. The predicted octanol–water partition coefficient (Wildman–Crippen LogP) is 3.11. The summed E-state index contributed by atoms with van der Waals surface area (Å²) in [6.45, 7) is 3.06. The standard InChI is InChI=1S/C20H22N2O2/c1-14(16-5-3-2-4-6-16)13-21-18-9-7-15(8-10-18)11-17-12-19(23)22-20(17)24/h2-10,14,17,21H,11-13H2,1H3,(H,22,23,24)/t14-,17+/m1/s1. The molecule has 1 aliphatic heterocycles. The average Bonchev–Trinajstić information content (AvgIpc) is 2.92. The maximum Gasteiger partial charge on any atom is 0.230 e. The van der Waals surface area contributed by atoms with E-state index in [4.69, 9.17) is 0 Å². The van der Waals surface area contributed by atoms with Gasteiger partial charge in [-0.2, -0.15) is 0 Å². The van der Waals surface area contributed by atoms with Crippen molar-refractivity contribution in [2.75, 3.05) is 11.9 Å². The van der Waals surface area contributed by atoms with Crippen molar-refractivity contribution in [2.45, 2.75) is 25.7 Å². The first-order valence-corrected chi connectivity index (χ1v) is 8.33. The maximum atomic E-state index is 11.6. The molecule has 124 valence electrons. The summed E-state index contributed by atoms with van der Waals surface area (Å²) in [6, 6.07) is 18.5. The third-order valence-corrected chi connectivity index (χ3v) is 4.48. The van der Waals surface area contributed by atoms with Crippen LogP contribution in [0, 0.1) is 5.92 Å². The number of amides is 2. The highest BCUT2D eigenvalue weighted by molar-refractivity contribution is 6.03. The van der Waals surface area contributed by atoms with Gasteiger partial charge in [0.15, 0.2) is 0 Å². The van der Waals surface area contributed by atoms with Crippen molar-refractivity contribution in [2.24, 2.45) is 5.92 Å². The fraction of sp³-hybridized carbons (Fsp3) is 0.300. The van der Waals surface area contributed by atoms with E-state index in [0.717, 1.165) is 17.8 Å². The lowest BCUT2D eigenvalue weighted by atomic mass is 9.97. The molecule has 2 N–H and O–H groups in total. The van der Waals surface area contributed by atoms with Crippen LogP contribution in [-0.2, 0) is 16.0 Å². The lowest BCUT2D eigenvalue weighted by Crippen LogP contribution is -2.22. The molecule has 0 aromatic heterocycles. The summed E-state index contributed by atoms with van der Waals surface area (Å²) in [5.41, 5.74) is 3.46. The Kier molecular flexibility index (Phi) is 4.94. The summed E-state index contributed by atoms with van der Waals surface area (Å²) in [6.07, 6.45) is 0.908. The highest BCUT2D eigenvalue weighted by atomic mass is 16.2. The first-order chi connectivity index (χ1) is 11.6. The normalized spacial score (nSPS) is 18.3. The molecule has 0 spiro atoms. The molecular weight excluding hydrogens is 300 g/mol. The van der Waals surface area contributed by atoms with Crippen molar-refractivity contribution in [1.82, 2.24) is 5.32 Å². The zero-order chi connectivity index (χ0) is 16.9. The Bertz CT molecular complexity index is 710. The van der Waals surface area contributed by atoms with Crippen molar-refractivity contribution in [1.29, 1.82) is 0 Å². The second-order valence-electron chi connectivity index (χ2n) is 6.41. The number of carbonyl (C=O) groups excluding carboxylic acids is 2. The molecule has 2 aromatic carbocycles. The molecule has 0 saturated carbocycles. The Balaban J connectivity index is 1.53. The molecule has 1 aliphatic rings. The maximum absolute atomic E-state index is 11.6. The van der Waals surface area contributed by atoms with E-state index in [1.807, 2.05) is 30.3 Å². The van der Waals surface area contributed by atoms with Crippen molar-refractivity contribution in [3.05, 3.63) is 65.7 Å². The van der Waals surface area contributed by atoms with E-state index < -0.39 is 0 Å². The third kappa shape index (κ3) is 4.02. The Labute approximate surface area is 142 Å². The van der Waals surface area contributed by atoms with Crippen molar-refractivity contribution >= 4 is 17.5 Å². The largest absolute Gasteiger partial charge is 0.384 e. The Morgan fingerprint density at radius 1 is 1.08 bits per heavy atom. The average molecular weight is 322 g/mol. The Hall–Kier alpha value is -2.62. The van der Waals surface area contributed by atoms with Gasteiger partial charge < -0.3 is 5.32 Å². The summed E-state index contributed by atoms with van der Waals surface area (Å²) >= 11 is 0. The second kappa shape index (κ2) is 7.30. The fourth-order valence-corrected chi connectivity index (χ4v) is 2.99. The van der Waals surface area contributed by atoms with Crippen LogP contribution in [0.4, 0.5) is 5.69 Å². The highest BCUT2D eigenvalue weighted by Crippen LogP contribution is 2.20. The minimum atomic E-state index is -0.227. The molecule has 1 fully saturated rings. The topological polar surface area (TPSA) is 58.2 Å². The Morgan fingerprint density at radius 3 is 2.42 bits per heavy atom. The van der Waals surface area contributed by atoms with Crippen molar-refractivity contribution in [3.8, 4) is 0 Å². The number of imide groups is 1. The number of hydrogen-bond donors (Lipinski definition) is 2. The van der Waals surface area contributed by atoms with Gasteiger partial charge in [0.2, 0.25) is 11.8 Å². The number of rotatable bonds is 6. The third-order valence-electron chi connectivity index (χ3n) is 4.48. The predicted molar refractivity (Wildman–Crippen MR) is 94.7 cm³/mol. The lowest BCUT2D eigenvalue weighted by molar-refractivity contribution is -0.125. The van der Waals surface area contributed by atoms with Crippen LogP contribution in [-0.4, -0.2) is 18.4 Å². The van der Waals surface area contributed by atoms with Crippen molar-refractivity contribution < 1.29 is 9.59 Å². The van der Waals surface area contributed by atoms with E-state index in [9.17, 15) is 9.59 Å². The van der Waals surface area contributed by atoms with Gasteiger partial charge in [0.1, 0.15) is 0 Å². The zero-order valence-electron chi connectivity index (χ0n) is 13.8. The number of benzene rings is 2. The number of anilines is 1. The highest BCUT2D eigenvalue weighted by Gasteiger charge is 2.30. The van der Waals surface area contributed by atoms with E-state index in [0.29, 0.717) is 18.8 Å². The van der Waals surface area contributed by atoms with Gasteiger partial charge in [-0.25, -0.2) is 0 Å². The van der Waals surface area contributed by atoms with E-state index in [-0.39, 0.29) is 17.7 Å². The van der Waals surface area contributed by atoms with Crippen LogP contribution >= 0.6 is 0 Å². The van der Waals surface area contributed by atoms with E-state index in [2.05, 4.69) is 41.8 Å². The van der Waals surface area contributed by atoms with Crippen LogP contribution in [0.15, 0.2) is 54.6 Å². The minimum Gasteiger partial charge on any atom is -0.384 e. The van der Waals surface area contributed by atoms with Crippen LogP contribution in [0.1, 0.15) is 30.4 Å². The van der Waals surface area contributed by atoms with Gasteiger partial charge in [0, 0.05) is 18.7 Å². The lowest BCUT2D eigenvalue weighted by Gasteiger charge is -2.14. The van der Waals surface area contributed by atoms with Gasteiger partial charge in [0.05, 0.1) is 5.92 Å². The summed E-state index contributed by atoms with van der Waals surface area (Å²) in [5.74, 6) is -0.120. The first-order valence-electron chi connectivity index (χ1n) is 8.33. The fourth-order valence-electron chi connectivity index (χ4n) is 2.99. The molecule has 0 unspecified atom stereocenters. The van der Waals surface area contributed by atoms with Gasteiger partial charge in [-0.15, -0.1) is 0 Å². The zero-order valence-corrected chi connectivity index (χ0v) is 13.8. The molecule has 0 radical (unpaired) electrons. The smallest absolute Gasteiger partial charge is 0.230 e. The van der Waals surface area contributed by atoms with E-state index in [1.165, 1.54) is 5.56 Å². The molecule has 1 saturated heterocycles. The molecule has 24 heavy (non-hydrogen) atoms. The summed E-state index contributed by atoms with van der Waals surface area (Å²) < 4.78 is 0. The number of nitrogens with one attached hydrogen (secondary N) is 2. The second-order valence-corrected chi connectivity index (χ2v) is 6.41. The first kappa shape index (κ1) is 16.2. The summed E-state index contributed by atoms with van der Waals surface area (Å²) in [4.78, 5) is 22.9. The van der Waals surface area contributed by atoms with Crippen LogP contribution in [0.3, 0.4) is 0 Å². The molecule has 2 aromatic rings. The number of carbonyl (C=O) groups is 2. The van der Waals surface area contributed by atoms with Gasteiger partial charge in [-0.1, -0.05) is 49.4 Å². The SMILES string of the molecule is C[C@H](CNc1ccc(C[C@H]2CC(=O)NC2=O)cc1)c1ccccc1. The number of hydrogen-bond acceptors (Lipinski definition) is 3. The molecule has 3 rings (SSSR count). The molecule has 4 heteroatoms. The van der Waals surface area contributed by atoms with Gasteiger partial charge in [-0.3, -0.25) is 14.9 Å². The molecular formula is C20H22N2O2. The van der Waals surface area contributed by atoms with Crippen LogP contribution in [0.5, 0.6) is 0 Å². The van der Waals surface area contributed by atoms with Crippen molar-refractivity contribution in [3.63, 3.8) is 0 Å². The van der Waals surface area contributed by atoms with Crippen LogP contribution in [0.2, 0.25) is 0 Å². The van der Waals surface area contributed by atoms with Gasteiger partial charge >= 0.3 is 0 Å². The molecule has 0 bridgehead atoms. The van der Waals surface area contributed by atoms with Crippen LogP contribution in [0.25, 0.3) is 0 Å². The Morgan fingerprint density at radius 2 is 1.79 bits per heavy atom. The summed E-state index contributed by atoms with van der Waals surface area (Å²) in [5, 5.41) is 5.80. The molecule has 2 atom stereocenters. The van der Waals surface area contributed by atoms with Crippen LogP contribution < -0.4 is 10.6 Å². The van der Waals surface area contributed by atoms with Gasteiger partial charge in [0.25, 0.3) is 0 Å². The molecule has 1 heterocycles. The van der Waals surface area contributed by atoms with E-state index >= 15 is 0 Å². The van der Waals surface area contributed by atoms with Gasteiger partial charge in [-0.05, 0) is 35.6 Å². The van der Waals surface area contributed by atoms with E-state index in [1.54, 1.807) is 0 Å². The summed E-state index contributed by atoms with van der Waals surface area (Å²) in [7, 11) is 0. The molecule has 2 amide bonds. The molecule has 0 aliphatic carbocycles. The molecule has 4 nitrogen and oxygen atoms in total. The monoisotopic (exact) mass is 322 g/mol.